The summed E-state index contributed by atoms with van der Waals surface area (Å²) in [7, 11) is -3.88. The SMILES string of the molecule is C=C[C@H]1CC1(NC(=O)[C@@H]1C[C@@H]2CN1C(=O)[C@H](C(C)(C)C)Nc1nc(cs1)CCC/C=C/c1cccc3c1CN(C3)C(=O)O2)C(=O)NS(=O)(=O)C1CC1. The van der Waals surface area contributed by atoms with Gasteiger partial charge in [0.1, 0.15) is 23.7 Å². The van der Waals surface area contributed by atoms with E-state index in [0.29, 0.717) is 31.1 Å². The minimum Gasteiger partial charge on any atom is -0.444 e. The molecular formula is C37H46N6O7S2. The molecule has 278 valence electrons. The molecule has 1 aromatic carbocycles. The molecule has 3 fully saturated rings. The summed E-state index contributed by atoms with van der Waals surface area (Å²) < 4.78 is 33.6. The van der Waals surface area contributed by atoms with Crippen LogP contribution in [0.2, 0.25) is 0 Å². The smallest absolute Gasteiger partial charge is 0.410 e. The number of thiazole rings is 1. The maximum Gasteiger partial charge on any atom is 0.410 e. The first-order valence-corrected chi connectivity index (χ1v) is 20.4. The molecule has 6 bridgehead atoms. The van der Waals surface area contributed by atoms with Crippen molar-refractivity contribution in [1.29, 1.82) is 0 Å². The highest BCUT2D eigenvalue weighted by molar-refractivity contribution is 7.91. The van der Waals surface area contributed by atoms with E-state index in [2.05, 4.69) is 34.1 Å². The van der Waals surface area contributed by atoms with Crippen LogP contribution in [-0.2, 0) is 48.7 Å². The second-order valence-electron chi connectivity index (χ2n) is 15.7. The Balaban J connectivity index is 1.18. The number of nitrogens with zero attached hydrogens (tertiary/aromatic N) is 3. The standard InChI is InChI=1S/C37H46N6O7S2/c1-5-24-17-37(24,33(46)41-52(48,49)27-14-15-27)40-31(44)29-16-26-19-43(29)32(45)30(36(2,3)4)39-34-38-25(21-51-34)13-8-6-7-10-22-11-9-12-23-18-42(20-28(22)23)35(47)50-26/h5,7,9-12,21,24,26-27,29-30H,1,6,8,13-20H2,2-4H3,(H,38,39)(H,40,44)(H,41,46)/b10-7+/t24-,26+,29-,30+,37?/m0/s1. The molecule has 2 saturated carbocycles. The molecule has 0 radical (unpaired) electrons. The number of ether oxygens (including phenoxy) is 1. The van der Waals surface area contributed by atoms with Gasteiger partial charge in [0.2, 0.25) is 21.8 Å². The van der Waals surface area contributed by atoms with Crippen molar-refractivity contribution in [3.05, 3.63) is 64.7 Å². The van der Waals surface area contributed by atoms with Crippen LogP contribution < -0.4 is 15.4 Å². The summed E-state index contributed by atoms with van der Waals surface area (Å²) in [6.45, 7) is 10.2. The number of benzene rings is 1. The molecule has 5 aliphatic rings. The molecule has 52 heavy (non-hydrogen) atoms. The third-order valence-corrected chi connectivity index (χ3v) is 13.3. The van der Waals surface area contributed by atoms with E-state index in [-0.39, 0.29) is 25.3 Å². The highest BCUT2D eigenvalue weighted by Crippen LogP contribution is 2.45. The van der Waals surface area contributed by atoms with Crippen LogP contribution in [0.25, 0.3) is 6.08 Å². The first-order chi connectivity index (χ1) is 24.7. The number of allylic oxidation sites excluding steroid dienone is 1. The maximum absolute atomic E-state index is 14.6. The Morgan fingerprint density at radius 2 is 1.98 bits per heavy atom. The van der Waals surface area contributed by atoms with Crippen molar-refractivity contribution in [2.75, 3.05) is 11.9 Å². The van der Waals surface area contributed by atoms with Crippen LogP contribution in [0.5, 0.6) is 0 Å². The zero-order chi connectivity index (χ0) is 37.0. The normalized spacial score (nSPS) is 28.4. The third kappa shape index (κ3) is 7.21. The molecular weight excluding hydrogens is 705 g/mol. The first-order valence-electron chi connectivity index (χ1n) is 17.9. The summed E-state index contributed by atoms with van der Waals surface area (Å²) in [5.41, 5.74) is 1.91. The minimum atomic E-state index is -3.88. The number of hydrogen-bond acceptors (Lipinski definition) is 10. The average molecular weight is 751 g/mol. The predicted molar refractivity (Wildman–Crippen MR) is 196 cm³/mol. The van der Waals surface area contributed by atoms with Crippen LogP contribution in [0.15, 0.2) is 42.3 Å². The molecule has 4 amide bonds. The number of carbonyl (C=O) groups is 4. The van der Waals surface area contributed by atoms with E-state index < -0.39 is 68.2 Å². The molecule has 13 nitrogen and oxygen atoms in total. The molecule has 4 heterocycles. The van der Waals surface area contributed by atoms with Gasteiger partial charge in [0.15, 0.2) is 5.13 Å². The van der Waals surface area contributed by atoms with Crippen LogP contribution in [0.3, 0.4) is 0 Å². The van der Waals surface area contributed by atoms with Gasteiger partial charge in [0.25, 0.3) is 5.91 Å². The van der Waals surface area contributed by atoms with E-state index >= 15 is 0 Å². The average Bonchev–Trinajstić information content (AvgIpc) is 3.90. The van der Waals surface area contributed by atoms with E-state index in [9.17, 15) is 27.6 Å². The van der Waals surface area contributed by atoms with Gasteiger partial charge in [-0.15, -0.1) is 17.9 Å². The van der Waals surface area contributed by atoms with Gasteiger partial charge in [-0.25, -0.2) is 18.2 Å². The lowest BCUT2D eigenvalue weighted by Crippen LogP contribution is -2.58. The van der Waals surface area contributed by atoms with Crippen molar-refractivity contribution >= 4 is 56.4 Å². The molecule has 15 heteroatoms. The van der Waals surface area contributed by atoms with Gasteiger partial charge in [0, 0.05) is 24.3 Å². The van der Waals surface area contributed by atoms with Gasteiger partial charge in [-0.2, -0.15) is 0 Å². The highest BCUT2D eigenvalue weighted by atomic mass is 32.2. The number of fused-ring (bicyclic) bond motifs is 5. The van der Waals surface area contributed by atoms with E-state index in [1.54, 1.807) is 4.90 Å². The van der Waals surface area contributed by atoms with Crippen molar-refractivity contribution in [3.8, 4) is 0 Å². The zero-order valence-corrected chi connectivity index (χ0v) is 31.4. The topological polar surface area (TPSA) is 167 Å². The molecule has 3 aliphatic heterocycles. The Morgan fingerprint density at radius 1 is 1.19 bits per heavy atom. The van der Waals surface area contributed by atoms with Gasteiger partial charge in [-0.05, 0) is 60.6 Å². The fraction of sp³-hybridized carbons (Fsp3) is 0.541. The number of aryl methyl sites for hydroxylation is 1. The van der Waals surface area contributed by atoms with Gasteiger partial charge in [-0.3, -0.25) is 24.0 Å². The van der Waals surface area contributed by atoms with Crippen LogP contribution in [0, 0.1) is 11.3 Å². The Bertz CT molecular complexity index is 1930. The molecule has 5 atom stereocenters. The Morgan fingerprint density at radius 3 is 2.69 bits per heavy atom. The second-order valence-corrected chi connectivity index (χ2v) is 18.5. The van der Waals surface area contributed by atoms with Crippen LogP contribution in [0.1, 0.15) is 81.7 Å². The van der Waals surface area contributed by atoms with E-state index in [0.717, 1.165) is 41.6 Å². The van der Waals surface area contributed by atoms with Crippen molar-refractivity contribution in [2.45, 2.75) is 108 Å². The summed E-state index contributed by atoms with van der Waals surface area (Å²) in [6, 6.07) is 4.10. The van der Waals surface area contributed by atoms with Crippen LogP contribution in [-0.4, -0.2) is 82.5 Å². The molecule has 1 saturated heterocycles. The lowest BCUT2D eigenvalue weighted by Gasteiger charge is -2.35. The van der Waals surface area contributed by atoms with Gasteiger partial charge in [-0.1, -0.05) is 57.2 Å². The fourth-order valence-corrected chi connectivity index (χ4v) is 9.52. The number of rotatable bonds is 6. The number of nitrogens with one attached hydrogen (secondary N) is 3. The maximum atomic E-state index is 14.6. The number of carbonyl (C=O) groups excluding carboxylic acids is 4. The lowest BCUT2D eigenvalue weighted by molar-refractivity contribution is -0.141. The minimum absolute atomic E-state index is 0.00677. The van der Waals surface area contributed by atoms with E-state index in [1.807, 2.05) is 44.4 Å². The number of anilines is 1. The fourth-order valence-electron chi connectivity index (χ4n) is 7.38. The summed E-state index contributed by atoms with van der Waals surface area (Å²) >= 11 is 1.41. The van der Waals surface area contributed by atoms with E-state index in [1.165, 1.54) is 22.3 Å². The monoisotopic (exact) mass is 750 g/mol. The molecule has 2 aliphatic carbocycles. The van der Waals surface area contributed by atoms with Crippen molar-refractivity contribution in [3.63, 3.8) is 0 Å². The molecule has 1 unspecified atom stereocenters. The molecule has 7 rings (SSSR count). The summed E-state index contributed by atoms with van der Waals surface area (Å²) in [5.74, 6) is -2.34. The third-order valence-electron chi connectivity index (χ3n) is 10.7. The van der Waals surface area contributed by atoms with Gasteiger partial charge in [0.05, 0.1) is 24.0 Å². The summed E-state index contributed by atoms with van der Waals surface area (Å²) in [6.07, 6.45) is 8.01. The van der Waals surface area contributed by atoms with Crippen molar-refractivity contribution < 1.29 is 32.3 Å². The van der Waals surface area contributed by atoms with Crippen LogP contribution >= 0.6 is 11.3 Å². The molecule has 2 aromatic rings. The number of sulfonamides is 1. The number of hydrogen-bond donors (Lipinski definition) is 3. The lowest BCUT2D eigenvalue weighted by atomic mass is 9.85. The second kappa shape index (κ2) is 13.6. The summed E-state index contributed by atoms with van der Waals surface area (Å²) in [4.78, 5) is 63.8. The Hall–Kier alpha value is -4.24. The van der Waals surface area contributed by atoms with Gasteiger partial charge < -0.3 is 20.3 Å². The van der Waals surface area contributed by atoms with Crippen molar-refractivity contribution in [1.82, 2.24) is 24.8 Å². The van der Waals surface area contributed by atoms with Crippen molar-refractivity contribution in [2.24, 2.45) is 11.3 Å². The Kier molecular flexibility index (Phi) is 9.47. The highest BCUT2D eigenvalue weighted by Gasteiger charge is 2.62. The Labute approximate surface area is 308 Å². The van der Waals surface area contributed by atoms with Crippen LogP contribution in [0.4, 0.5) is 9.93 Å². The molecule has 3 N–H and O–H groups in total. The first kappa shape index (κ1) is 36.1. The largest absolute Gasteiger partial charge is 0.444 e. The number of aromatic nitrogens is 1. The van der Waals surface area contributed by atoms with Gasteiger partial charge >= 0.3 is 6.09 Å². The summed E-state index contributed by atoms with van der Waals surface area (Å²) in [5, 5.41) is 8.09. The molecule has 0 spiro atoms. The van der Waals surface area contributed by atoms with E-state index in [4.69, 9.17) is 9.72 Å². The predicted octanol–water partition coefficient (Wildman–Crippen LogP) is 4.11. The number of amides is 4. The zero-order valence-electron chi connectivity index (χ0n) is 29.7. The molecule has 1 aromatic heterocycles. The quantitative estimate of drug-likeness (QED) is 0.369.